The molecule has 7 heteroatoms. The Morgan fingerprint density at radius 3 is 2.81 bits per heavy atom. The summed E-state index contributed by atoms with van der Waals surface area (Å²) in [5.41, 5.74) is 1.34. The van der Waals surface area contributed by atoms with E-state index in [-0.39, 0.29) is 23.3 Å². The van der Waals surface area contributed by atoms with Gasteiger partial charge in [-0.1, -0.05) is 19.3 Å². The molecule has 0 bridgehead atoms. The van der Waals surface area contributed by atoms with Gasteiger partial charge in [0.2, 0.25) is 0 Å². The molecule has 0 radical (unpaired) electrons. The highest BCUT2D eigenvalue weighted by Gasteiger charge is 2.29. The number of aryl methyl sites for hydroxylation is 1. The van der Waals surface area contributed by atoms with Crippen LogP contribution in [0.15, 0.2) is 28.3 Å². The number of fused-ring (bicyclic) bond motifs is 1. The van der Waals surface area contributed by atoms with Crippen molar-refractivity contribution in [1.82, 2.24) is 24.4 Å². The molecule has 2 aliphatic rings. The molecule has 140 valence electrons. The van der Waals surface area contributed by atoms with Crippen molar-refractivity contribution >= 4 is 0 Å². The Balaban J connectivity index is 1.45. The maximum absolute atomic E-state index is 12.9. The Hall–Kier alpha value is -2.15. The molecule has 2 heterocycles. The Kier molecular flexibility index (Phi) is 5.06. The molecule has 0 unspecified atom stereocenters. The maximum Gasteiger partial charge on any atom is 0.328 e. The van der Waals surface area contributed by atoms with Gasteiger partial charge in [0.15, 0.2) is 0 Å². The number of hydrogen-bond acceptors (Lipinski definition) is 4. The van der Waals surface area contributed by atoms with Crippen LogP contribution in [0.2, 0.25) is 0 Å². The summed E-state index contributed by atoms with van der Waals surface area (Å²) in [6.45, 7) is 1.75. The smallest absolute Gasteiger partial charge is 0.328 e. The van der Waals surface area contributed by atoms with Gasteiger partial charge in [-0.2, -0.15) is 0 Å². The zero-order valence-corrected chi connectivity index (χ0v) is 15.1. The Morgan fingerprint density at radius 2 is 2.04 bits per heavy atom. The molecule has 2 aliphatic carbocycles. The Morgan fingerprint density at radius 1 is 1.19 bits per heavy atom. The molecule has 1 saturated carbocycles. The fourth-order valence-electron chi connectivity index (χ4n) is 4.41. The zero-order valence-electron chi connectivity index (χ0n) is 15.1. The van der Waals surface area contributed by atoms with Gasteiger partial charge < -0.3 is 14.9 Å². The largest absolute Gasteiger partial charge is 0.337 e. The van der Waals surface area contributed by atoms with Gasteiger partial charge in [0.1, 0.15) is 0 Å². The molecule has 26 heavy (non-hydrogen) atoms. The summed E-state index contributed by atoms with van der Waals surface area (Å²) in [5.74, 6) is 0. The SMILES string of the molecule is O=c1[nH]c2c(c(=O)n1C1CCCCC1)CC[C@H]2NCCCn1ccnc1. The van der Waals surface area contributed by atoms with Crippen LogP contribution in [0.25, 0.3) is 0 Å². The average molecular weight is 357 g/mol. The third-order valence-electron chi connectivity index (χ3n) is 5.78. The number of aromatic amines is 1. The van der Waals surface area contributed by atoms with Crippen LogP contribution in [-0.4, -0.2) is 25.6 Å². The quantitative estimate of drug-likeness (QED) is 0.774. The lowest BCUT2D eigenvalue weighted by molar-refractivity contribution is 0.334. The van der Waals surface area contributed by atoms with Crippen molar-refractivity contribution in [2.24, 2.45) is 0 Å². The highest BCUT2D eigenvalue weighted by molar-refractivity contribution is 5.26. The topological polar surface area (TPSA) is 84.7 Å². The third kappa shape index (κ3) is 3.40. The lowest BCUT2D eigenvalue weighted by Crippen LogP contribution is -2.41. The van der Waals surface area contributed by atoms with Crippen LogP contribution in [-0.2, 0) is 13.0 Å². The van der Waals surface area contributed by atoms with Crippen LogP contribution in [0, 0.1) is 0 Å². The molecule has 0 aromatic carbocycles. The van der Waals surface area contributed by atoms with Crippen molar-refractivity contribution in [2.45, 2.75) is 70.0 Å². The van der Waals surface area contributed by atoms with Gasteiger partial charge in [0.25, 0.3) is 5.56 Å². The van der Waals surface area contributed by atoms with Crippen LogP contribution >= 0.6 is 0 Å². The van der Waals surface area contributed by atoms with Crippen LogP contribution in [0.4, 0.5) is 0 Å². The van der Waals surface area contributed by atoms with Gasteiger partial charge in [-0.3, -0.25) is 9.36 Å². The van der Waals surface area contributed by atoms with Crippen LogP contribution in [0.1, 0.15) is 68.3 Å². The van der Waals surface area contributed by atoms with E-state index >= 15 is 0 Å². The molecule has 1 fully saturated rings. The minimum Gasteiger partial charge on any atom is -0.337 e. The first kappa shape index (κ1) is 17.3. The van der Waals surface area contributed by atoms with Gasteiger partial charge in [0.05, 0.1) is 6.33 Å². The second kappa shape index (κ2) is 7.61. The summed E-state index contributed by atoms with van der Waals surface area (Å²) < 4.78 is 3.55. The number of aromatic nitrogens is 4. The summed E-state index contributed by atoms with van der Waals surface area (Å²) in [6.07, 6.45) is 13.5. The van der Waals surface area contributed by atoms with E-state index in [0.717, 1.165) is 69.3 Å². The predicted octanol–water partition coefficient (Wildman–Crippen LogP) is 1.91. The fraction of sp³-hybridized carbons (Fsp3) is 0.632. The summed E-state index contributed by atoms with van der Waals surface area (Å²) >= 11 is 0. The molecule has 1 atom stereocenters. The van der Waals surface area contributed by atoms with Gasteiger partial charge in [-0.15, -0.1) is 0 Å². The van der Waals surface area contributed by atoms with Crippen LogP contribution in [0.5, 0.6) is 0 Å². The molecular weight excluding hydrogens is 330 g/mol. The summed E-state index contributed by atoms with van der Waals surface area (Å²) in [6, 6.07) is 0.154. The van der Waals surface area contributed by atoms with Crippen molar-refractivity contribution < 1.29 is 0 Å². The van der Waals surface area contributed by atoms with E-state index < -0.39 is 0 Å². The van der Waals surface area contributed by atoms with Gasteiger partial charge in [0, 0.05) is 42.3 Å². The first-order chi connectivity index (χ1) is 12.7. The number of nitrogens with one attached hydrogen (secondary N) is 2. The molecule has 2 aromatic heterocycles. The number of imidazole rings is 1. The standard InChI is InChI=1S/C19H27N5O2/c25-18-15-7-8-16(21-9-4-11-23-12-10-20-13-23)17(15)22-19(26)24(18)14-5-2-1-3-6-14/h10,12-14,16,21H,1-9,11H2,(H,22,26)/t16-/m1/s1. The number of nitrogens with zero attached hydrogens (tertiary/aromatic N) is 3. The molecule has 0 spiro atoms. The van der Waals surface area contributed by atoms with E-state index in [4.69, 9.17) is 0 Å². The van der Waals surface area contributed by atoms with E-state index in [2.05, 4.69) is 19.9 Å². The lowest BCUT2D eigenvalue weighted by Gasteiger charge is -2.23. The molecule has 4 rings (SSSR count). The van der Waals surface area contributed by atoms with Crippen molar-refractivity contribution in [3.05, 3.63) is 50.8 Å². The van der Waals surface area contributed by atoms with Crippen molar-refractivity contribution in [3.63, 3.8) is 0 Å². The second-order valence-electron chi connectivity index (χ2n) is 7.49. The molecule has 2 aromatic rings. The summed E-state index contributed by atoms with van der Waals surface area (Å²) in [4.78, 5) is 32.6. The molecule has 0 amide bonds. The van der Waals surface area contributed by atoms with E-state index in [1.165, 1.54) is 11.0 Å². The second-order valence-corrected chi connectivity index (χ2v) is 7.49. The molecule has 0 saturated heterocycles. The number of hydrogen-bond donors (Lipinski definition) is 2. The predicted molar refractivity (Wildman–Crippen MR) is 99.4 cm³/mol. The minimum atomic E-state index is -0.229. The molecular formula is C19H27N5O2. The van der Waals surface area contributed by atoms with Gasteiger partial charge in [-0.05, 0) is 38.6 Å². The van der Waals surface area contributed by atoms with E-state index in [1.807, 2.05) is 12.5 Å². The monoisotopic (exact) mass is 357 g/mol. The number of H-pyrrole nitrogens is 1. The van der Waals surface area contributed by atoms with E-state index in [1.54, 1.807) is 6.20 Å². The summed E-state index contributed by atoms with van der Waals surface area (Å²) in [7, 11) is 0. The molecule has 2 N–H and O–H groups in total. The fourth-order valence-corrected chi connectivity index (χ4v) is 4.41. The highest BCUT2D eigenvalue weighted by atomic mass is 16.2. The first-order valence-electron chi connectivity index (χ1n) is 9.81. The van der Waals surface area contributed by atoms with Crippen molar-refractivity contribution in [1.29, 1.82) is 0 Å². The number of rotatable bonds is 6. The first-order valence-corrected chi connectivity index (χ1v) is 9.81. The normalized spacial score (nSPS) is 20.4. The Labute approximate surface area is 152 Å². The van der Waals surface area contributed by atoms with Crippen molar-refractivity contribution in [2.75, 3.05) is 6.54 Å². The summed E-state index contributed by atoms with van der Waals surface area (Å²) in [5, 5.41) is 3.50. The van der Waals surface area contributed by atoms with Crippen LogP contribution < -0.4 is 16.6 Å². The third-order valence-corrected chi connectivity index (χ3v) is 5.78. The van der Waals surface area contributed by atoms with Crippen LogP contribution in [0.3, 0.4) is 0 Å². The lowest BCUT2D eigenvalue weighted by atomic mass is 9.95. The van der Waals surface area contributed by atoms with Gasteiger partial charge in [-0.25, -0.2) is 9.78 Å². The minimum absolute atomic E-state index is 0.0571. The zero-order chi connectivity index (χ0) is 17.9. The molecule has 7 nitrogen and oxygen atoms in total. The van der Waals surface area contributed by atoms with Gasteiger partial charge >= 0.3 is 5.69 Å². The maximum atomic E-state index is 12.9. The average Bonchev–Trinajstić information content (AvgIpc) is 3.30. The van der Waals surface area contributed by atoms with Crippen molar-refractivity contribution in [3.8, 4) is 0 Å². The molecule has 0 aliphatic heterocycles. The van der Waals surface area contributed by atoms with E-state index in [0.29, 0.717) is 0 Å². The highest BCUT2D eigenvalue weighted by Crippen LogP contribution is 2.29. The van der Waals surface area contributed by atoms with E-state index in [9.17, 15) is 9.59 Å². The Bertz CT molecular complexity index is 846.